The highest BCUT2D eigenvalue weighted by atomic mass is 79.9. The van der Waals surface area contributed by atoms with Crippen LogP contribution in [0.3, 0.4) is 0 Å². The van der Waals surface area contributed by atoms with Crippen molar-refractivity contribution in [2.45, 2.75) is 25.3 Å². The van der Waals surface area contributed by atoms with E-state index in [1.807, 2.05) is 30.3 Å². The molecule has 0 aliphatic heterocycles. The zero-order valence-corrected chi connectivity index (χ0v) is 12.2. The maximum Gasteiger partial charge on any atom is 0.287 e. The lowest BCUT2D eigenvalue weighted by Crippen LogP contribution is -2.37. The Hall–Kier alpha value is -1.29. The Kier molecular flexibility index (Phi) is 3.60. The summed E-state index contributed by atoms with van der Waals surface area (Å²) in [4.78, 5) is 12.2. The van der Waals surface area contributed by atoms with Gasteiger partial charge >= 0.3 is 0 Å². The number of nitrogens with one attached hydrogen (secondary N) is 1. The molecule has 0 bridgehead atoms. The number of alkyl halides is 1. The maximum atomic E-state index is 12.2. The molecule has 0 radical (unpaired) electrons. The fourth-order valence-electron chi connectivity index (χ4n) is 2.74. The lowest BCUT2D eigenvalue weighted by atomic mass is 10.1. The van der Waals surface area contributed by atoms with E-state index in [2.05, 4.69) is 21.2 Å². The molecule has 3 rings (SSSR count). The highest BCUT2D eigenvalue weighted by molar-refractivity contribution is 9.09. The molecule has 1 saturated carbocycles. The van der Waals surface area contributed by atoms with Crippen molar-refractivity contribution in [1.29, 1.82) is 0 Å². The van der Waals surface area contributed by atoms with Crippen LogP contribution in [0.5, 0.6) is 0 Å². The normalized spacial score (nSPS) is 22.8. The Balaban J connectivity index is 1.76. The van der Waals surface area contributed by atoms with Crippen molar-refractivity contribution < 1.29 is 9.21 Å². The molecule has 1 fully saturated rings. The summed E-state index contributed by atoms with van der Waals surface area (Å²) in [5.74, 6) is 0.837. The van der Waals surface area contributed by atoms with Crippen LogP contribution in [-0.4, -0.2) is 17.3 Å². The summed E-state index contributed by atoms with van der Waals surface area (Å²) in [6.07, 6.45) is 3.42. The summed E-state index contributed by atoms with van der Waals surface area (Å²) in [6, 6.07) is 9.75. The van der Waals surface area contributed by atoms with Gasteiger partial charge < -0.3 is 9.73 Å². The van der Waals surface area contributed by atoms with Crippen molar-refractivity contribution in [2.24, 2.45) is 5.92 Å². The van der Waals surface area contributed by atoms with Crippen LogP contribution in [0.25, 0.3) is 11.0 Å². The van der Waals surface area contributed by atoms with Gasteiger partial charge in [0.1, 0.15) is 5.58 Å². The van der Waals surface area contributed by atoms with Crippen molar-refractivity contribution in [3.05, 3.63) is 36.1 Å². The number of hydrogen-bond acceptors (Lipinski definition) is 2. The van der Waals surface area contributed by atoms with Gasteiger partial charge in [-0.05, 0) is 30.9 Å². The third kappa shape index (κ3) is 2.54. The van der Waals surface area contributed by atoms with Crippen LogP contribution in [0.15, 0.2) is 34.7 Å². The van der Waals surface area contributed by atoms with Crippen LogP contribution in [0.1, 0.15) is 29.8 Å². The van der Waals surface area contributed by atoms with Crippen molar-refractivity contribution in [3.8, 4) is 0 Å². The maximum absolute atomic E-state index is 12.2. The Labute approximate surface area is 120 Å². The lowest BCUT2D eigenvalue weighted by molar-refractivity contribution is 0.0904. The molecular formula is C15H16BrNO2. The second-order valence-corrected chi connectivity index (χ2v) is 5.72. The first-order chi connectivity index (χ1) is 9.28. The smallest absolute Gasteiger partial charge is 0.287 e. The number of para-hydroxylation sites is 1. The van der Waals surface area contributed by atoms with E-state index in [0.29, 0.717) is 11.7 Å². The first kappa shape index (κ1) is 12.7. The van der Waals surface area contributed by atoms with E-state index in [-0.39, 0.29) is 11.9 Å². The summed E-state index contributed by atoms with van der Waals surface area (Å²) < 4.78 is 5.59. The lowest BCUT2D eigenvalue weighted by Gasteiger charge is -2.18. The van der Waals surface area contributed by atoms with Gasteiger partial charge in [-0.25, -0.2) is 0 Å². The van der Waals surface area contributed by atoms with E-state index in [0.717, 1.165) is 22.7 Å². The van der Waals surface area contributed by atoms with Crippen molar-refractivity contribution >= 4 is 32.8 Å². The first-order valence-corrected chi connectivity index (χ1v) is 7.75. The molecule has 3 nitrogen and oxygen atoms in total. The van der Waals surface area contributed by atoms with E-state index < -0.39 is 0 Å². The third-order valence-corrected chi connectivity index (χ3v) is 4.65. The van der Waals surface area contributed by atoms with Gasteiger partial charge in [0.05, 0.1) is 0 Å². The highest BCUT2D eigenvalue weighted by Gasteiger charge is 2.28. The van der Waals surface area contributed by atoms with Crippen LogP contribution >= 0.6 is 15.9 Å². The van der Waals surface area contributed by atoms with Gasteiger partial charge in [0.2, 0.25) is 0 Å². The average Bonchev–Trinajstić information content (AvgIpc) is 3.03. The molecular weight excluding hydrogens is 306 g/mol. The minimum Gasteiger partial charge on any atom is -0.451 e. The van der Waals surface area contributed by atoms with E-state index in [9.17, 15) is 4.79 Å². The van der Waals surface area contributed by atoms with Gasteiger partial charge in [-0.1, -0.05) is 40.5 Å². The van der Waals surface area contributed by atoms with E-state index in [1.54, 1.807) is 0 Å². The molecule has 0 spiro atoms. The number of amides is 1. The fourth-order valence-corrected chi connectivity index (χ4v) is 3.52. The number of carbonyl (C=O) groups is 1. The van der Waals surface area contributed by atoms with Crippen LogP contribution in [0.2, 0.25) is 0 Å². The van der Waals surface area contributed by atoms with E-state index >= 15 is 0 Å². The molecule has 4 heteroatoms. The molecule has 2 aromatic rings. The number of hydrogen-bond donors (Lipinski definition) is 1. The first-order valence-electron chi connectivity index (χ1n) is 6.63. The largest absolute Gasteiger partial charge is 0.451 e. The summed E-state index contributed by atoms with van der Waals surface area (Å²) in [7, 11) is 0. The molecule has 19 heavy (non-hydrogen) atoms. The third-order valence-electron chi connectivity index (χ3n) is 3.82. The second kappa shape index (κ2) is 5.37. The molecule has 0 saturated heterocycles. The van der Waals surface area contributed by atoms with Gasteiger partial charge in [0.25, 0.3) is 5.91 Å². The SMILES string of the molecule is O=C(NC1CCCC1CBr)c1cc2ccccc2o1. The van der Waals surface area contributed by atoms with Gasteiger partial charge in [0, 0.05) is 16.8 Å². The van der Waals surface area contributed by atoms with Crippen LogP contribution < -0.4 is 5.32 Å². The summed E-state index contributed by atoms with van der Waals surface area (Å²) in [5, 5.41) is 5.01. The molecule has 1 N–H and O–H groups in total. The molecule has 1 aromatic heterocycles. The Morgan fingerprint density at radius 1 is 1.37 bits per heavy atom. The molecule has 2 unspecified atom stereocenters. The van der Waals surface area contributed by atoms with E-state index in [4.69, 9.17) is 4.42 Å². The van der Waals surface area contributed by atoms with Gasteiger partial charge in [-0.2, -0.15) is 0 Å². The molecule has 1 aliphatic rings. The summed E-state index contributed by atoms with van der Waals surface area (Å²) in [5.41, 5.74) is 0.760. The molecule has 1 aliphatic carbocycles. The Morgan fingerprint density at radius 2 is 2.21 bits per heavy atom. The highest BCUT2D eigenvalue weighted by Crippen LogP contribution is 2.27. The number of carbonyl (C=O) groups excluding carboxylic acids is 1. The minimum atomic E-state index is -0.103. The predicted octanol–water partition coefficient (Wildman–Crippen LogP) is 3.73. The van der Waals surface area contributed by atoms with Gasteiger partial charge in [-0.3, -0.25) is 4.79 Å². The van der Waals surface area contributed by atoms with Gasteiger partial charge in [-0.15, -0.1) is 0 Å². The summed E-state index contributed by atoms with van der Waals surface area (Å²) in [6.45, 7) is 0. The van der Waals surface area contributed by atoms with Crippen molar-refractivity contribution in [2.75, 3.05) is 5.33 Å². The van der Waals surface area contributed by atoms with Crippen LogP contribution in [0.4, 0.5) is 0 Å². The van der Waals surface area contributed by atoms with Crippen molar-refractivity contribution in [3.63, 3.8) is 0 Å². The standard InChI is InChI=1S/C15H16BrNO2/c16-9-11-5-3-6-12(11)17-15(18)14-8-10-4-1-2-7-13(10)19-14/h1-2,4,7-8,11-12H,3,5-6,9H2,(H,17,18). The predicted molar refractivity (Wildman–Crippen MR) is 78.6 cm³/mol. The molecule has 1 heterocycles. The monoisotopic (exact) mass is 321 g/mol. The molecule has 1 amide bonds. The zero-order chi connectivity index (χ0) is 13.2. The quantitative estimate of drug-likeness (QED) is 0.875. The number of fused-ring (bicyclic) bond motifs is 1. The fraction of sp³-hybridized carbons (Fsp3) is 0.400. The van der Waals surface area contributed by atoms with E-state index in [1.165, 1.54) is 12.8 Å². The number of halogens is 1. The summed E-state index contributed by atoms with van der Waals surface area (Å²) >= 11 is 3.52. The topological polar surface area (TPSA) is 42.2 Å². The minimum absolute atomic E-state index is 0.103. The molecule has 100 valence electrons. The van der Waals surface area contributed by atoms with Gasteiger partial charge in [0.15, 0.2) is 5.76 Å². The average molecular weight is 322 g/mol. The second-order valence-electron chi connectivity index (χ2n) is 5.07. The number of rotatable bonds is 3. The molecule has 2 atom stereocenters. The Morgan fingerprint density at radius 3 is 3.00 bits per heavy atom. The van der Waals surface area contributed by atoms with Crippen LogP contribution in [-0.2, 0) is 0 Å². The van der Waals surface area contributed by atoms with Crippen LogP contribution in [0, 0.1) is 5.92 Å². The number of furan rings is 1. The Bertz CT molecular complexity index is 560. The van der Waals surface area contributed by atoms with Crippen molar-refractivity contribution in [1.82, 2.24) is 5.32 Å². The molecule has 1 aromatic carbocycles. The number of benzene rings is 1. The zero-order valence-electron chi connectivity index (χ0n) is 10.6.